The van der Waals surface area contributed by atoms with E-state index in [0.717, 1.165) is 12.8 Å². The van der Waals surface area contributed by atoms with E-state index in [4.69, 9.17) is 4.74 Å². The van der Waals surface area contributed by atoms with Crippen LogP contribution in [0, 0.1) is 0 Å². The van der Waals surface area contributed by atoms with Gasteiger partial charge in [-0.25, -0.2) is 9.97 Å². The Morgan fingerprint density at radius 3 is 3.03 bits per heavy atom. The van der Waals surface area contributed by atoms with Crippen molar-refractivity contribution in [3.63, 3.8) is 0 Å². The van der Waals surface area contributed by atoms with E-state index in [1.807, 2.05) is 12.1 Å². The van der Waals surface area contributed by atoms with Crippen molar-refractivity contribution in [1.29, 1.82) is 0 Å². The van der Waals surface area contributed by atoms with Crippen LogP contribution in [-0.2, 0) is 11.2 Å². The highest BCUT2D eigenvalue weighted by Gasteiger charge is 2.30. The summed E-state index contributed by atoms with van der Waals surface area (Å²) in [5.74, 6) is 0.574. The molecule has 2 unspecified atom stereocenters. The third-order valence-corrected chi connectivity index (χ3v) is 5.21. The molecule has 1 aliphatic carbocycles. The second kappa shape index (κ2) is 7.01. The van der Waals surface area contributed by atoms with Crippen molar-refractivity contribution >= 4 is 17.6 Å². The first kappa shape index (κ1) is 17.4. The van der Waals surface area contributed by atoms with Crippen molar-refractivity contribution in [2.75, 3.05) is 11.9 Å². The highest BCUT2D eigenvalue weighted by molar-refractivity contribution is 6.00. The summed E-state index contributed by atoms with van der Waals surface area (Å²) in [6, 6.07) is 10.7. The van der Waals surface area contributed by atoms with Gasteiger partial charge in [0.2, 0.25) is 5.82 Å². The number of H-pyrrole nitrogens is 1. The lowest BCUT2D eigenvalue weighted by Gasteiger charge is -2.13. The van der Waals surface area contributed by atoms with E-state index < -0.39 is 17.9 Å². The summed E-state index contributed by atoms with van der Waals surface area (Å²) in [7, 11) is 0. The number of fused-ring (bicyclic) bond motifs is 2. The molecule has 9 nitrogen and oxygen atoms in total. The van der Waals surface area contributed by atoms with Gasteiger partial charge in [-0.15, -0.1) is 5.10 Å². The zero-order valence-corrected chi connectivity index (χ0v) is 15.4. The number of aryl methyl sites for hydroxylation is 1. The molecule has 2 aromatic heterocycles. The Labute approximate surface area is 165 Å². The number of ether oxygens (including phenoxy) is 1. The molecule has 5 rings (SSSR count). The minimum Gasteiger partial charge on any atom is -0.487 e. The first-order chi connectivity index (χ1) is 14.2. The Kier molecular flexibility index (Phi) is 4.19. The van der Waals surface area contributed by atoms with E-state index in [2.05, 4.69) is 42.9 Å². The van der Waals surface area contributed by atoms with Crippen LogP contribution in [0.25, 0.3) is 0 Å². The quantitative estimate of drug-likeness (QED) is 0.622. The molecule has 0 saturated heterocycles. The van der Waals surface area contributed by atoms with Gasteiger partial charge >= 0.3 is 0 Å². The van der Waals surface area contributed by atoms with Crippen molar-refractivity contribution in [1.82, 2.24) is 25.5 Å². The van der Waals surface area contributed by atoms with Crippen LogP contribution in [0.5, 0.6) is 5.75 Å². The van der Waals surface area contributed by atoms with Gasteiger partial charge in [-0.1, -0.05) is 24.3 Å². The number of nitrogens with zero attached hydrogens (tertiary/aromatic N) is 3. The molecule has 1 aromatic carbocycles. The van der Waals surface area contributed by atoms with Crippen LogP contribution >= 0.6 is 0 Å². The molecule has 0 saturated carbocycles. The largest absolute Gasteiger partial charge is 0.487 e. The standard InChI is InChI=1S/C20H18N6O3/c27-19-14(10-29-15-6-3-9-21-17(15)24-19)22-20(28)18-23-16(25-26-18)13-8-7-11-4-1-2-5-12(11)13/h1-6,9,13-14H,7-8,10H2,(H,22,28)(H,21,24,27)(H,23,25,26). The number of benzene rings is 1. The SMILES string of the molecule is O=C(NC1COc2cccnc2NC1=O)c1n[nH]c(C2CCc3ccccc32)n1. The lowest BCUT2D eigenvalue weighted by molar-refractivity contribution is -0.118. The van der Waals surface area contributed by atoms with Crippen molar-refractivity contribution in [2.24, 2.45) is 0 Å². The summed E-state index contributed by atoms with van der Waals surface area (Å²) in [5.41, 5.74) is 2.50. The average molecular weight is 390 g/mol. The van der Waals surface area contributed by atoms with Gasteiger partial charge in [0.05, 0.1) is 0 Å². The maximum Gasteiger partial charge on any atom is 0.291 e. The minimum absolute atomic E-state index is 0.00272. The predicted octanol–water partition coefficient (Wildman–Crippen LogP) is 1.41. The summed E-state index contributed by atoms with van der Waals surface area (Å²) in [5, 5.41) is 12.2. The number of rotatable bonds is 3. The fraction of sp³-hybridized carbons (Fsp3) is 0.250. The number of aromatic amines is 1. The van der Waals surface area contributed by atoms with Crippen molar-refractivity contribution in [3.8, 4) is 5.75 Å². The Morgan fingerprint density at radius 1 is 1.21 bits per heavy atom. The Bertz CT molecular complexity index is 1100. The lowest BCUT2D eigenvalue weighted by atomic mass is 10.0. The third kappa shape index (κ3) is 3.20. The van der Waals surface area contributed by atoms with Gasteiger partial charge in [0.1, 0.15) is 18.5 Å². The fourth-order valence-corrected chi connectivity index (χ4v) is 3.76. The number of carbonyl (C=O) groups is 2. The smallest absolute Gasteiger partial charge is 0.291 e. The number of hydrogen-bond donors (Lipinski definition) is 3. The van der Waals surface area contributed by atoms with Crippen LogP contribution < -0.4 is 15.4 Å². The van der Waals surface area contributed by atoms with Crippen LogP contribution in [0.2, 0.25) is 0 Å². The molecule has 146 valence electrons. The van der Waals surface area contributed by atoms with Gasteiger partial charge < -0.3 is 15.4 Å². The van der Waals surface area contributed by atoms with Crippen molar-refractivity contribution in [3.05, 3.63) is 65.4 Å². The molecule has 9 heteroatoms. The van der Waals surface area contributed by atoms with Gasteiger partial charge in [0.15, 0.2) is 11.6 Å². The Morgan fingerprint density at radius 2 is 2.10 bits per heavy atom. The van der Waals surface area contributed by atoms with E-state index in [-0.39, 0.29) is 18.3 Å². The summed E-state index contributed by atoms with van der Waals surface area (Å²) >= 11 is 0. The van der Waals surface area contributed by atoms with E-state index >= 15 is 0 Å². The summed E-state index contributed by atoms with van der Waals surface area (Å²) in [6.07, 6.45) is 3.44. The first-order valence-electron chi connectivity index (χ1n) is 9.38. The van der Waals surface area contributed by atoms with Gasteiger partial charge in [-0.05, 0) is 36.1 Å². The van der Waals surface area contributed by atoms with E-state index in [1.165, 1.54) is 11.1 Å². The van der Waals surface area contributed by atoms with E-state index in [9.17, 15) is 9.59 Å². The van der Waals surface area contributed by atoms with Crippen LogP contribution in [0.15, 0.2) is 42.6 Å². The Hall–Kier alpha value is -3.75. The van der Waals surface area contributed by atoms with Gasteiger partial charge in [-0.2, -0.15) is 0 Å². The van der Waals surface area contributed by atoms with Crippen LogP contribution in [0.4, 0.5) is 5.82 Å². The monoisotopic (exact) mass is 390 g/mol. The number of amides is 2. The van der Waals surface area contributed by atoms with Crippen LogP contribution in [0.3, 0.4) is 0 Å². The molecule has 2 atom stereocenters. The number of anilines is 1. The molecular weight excluding hydrogens is 372 g/mol. The predicted molar refractivity (Wildman–Crippen MR) is 103 cm³/mol. The van der Waals surface area contributed by atoms with Crippen molar-refractivity contribution < 1.29 is 14.3 Å². The number of carbonyl (C=O) groups excluding carboxylic acids is 2. The highest BCUT2D eigenvalue weighted by atomic mass is 16.5. The Balaban J connectivity index is 1.30. The first-order valence-corrected chi connectivity index (χ1v) is 9.38. The molecule has 3 N–H and O–H groups in total. The van der Waals surface area contributed by atoms with E-state index in [1.54, 1.807) is 18.3 Å². The maximum absolute atomic E-state index is 12.6. The third-order valence-electron chi connectivity index (χ3n) is 5.21. The zero-order valence-electron chi connectivity index (χ0n) is 15.4. The minimum atomic E-state index is -0.883. The van der Waals surface area contributed by atoms with Gasteiger partial charge in [0, 0.05) is 12.1 Å². The molecule has 0 fully saturated rings. The van der Waals surface area contributed by atoms with E-state index in [0.29, 0.717) is 17.4 Å². The molecule has 3 aromatic rings. The van der Waals surface area contributed by atoms with Crippen LogP contribution in [-0.4, -0.2) is 44.6 Å². The number of aromatic nitrogens is 4. The summed E-state index contributed by atoms with van der Waals surface area (Å²) < 4.78 is 5.58. The maximum atomic E-state index is 12.6. The summed E-state index contributed by atoms with van der Waals surface area (Å²) in [6.45, 7) is -0.0104. The molecule has 2 aliphatic rings. The second-order valence-electron chi connectivity index (χ2n) is 7.01. The number of hydrogen-bond acceptors (Lipinski definition) is 6. The zero-order chi connectivity index (χ0) is 19.8. The average Bonchev–Trinajstić information content (AvgIpc) is 3.35. The van der Waals surface area contributed by atoms with Crippen LogP contribution in [0.1, 0.15) is 39.9 Å². The molecule has 3 heterocycles. The molecular formula is C20H18N6O3. The normalized spacial score (nSPS) is 20.1. The lowest BCUT2D eigenvalue weighted by Crippen LogP contribution is -2.46. The fourth-order valence-electron chi connectivity index (χ4n) is 3.76. The van der Waals surface area contributed by atoms with Crippen molar-refractivity contribution in [2.45, 2.75) is 24.8 Å². The molecule has 0 radical (unpaired) electrons. The molecule has 1 aliphatic heterocycles. The molecule has 2 amide bonds. The molecule has 0 spiro atoms. The number of nitrogens with one attached hydrogen (secondary N) is 3. The molecule has 29 heavy (non-hydrogen) atoms. The topological polar surface area (TPSA) is 122 Å². The van der Waals surface area contributed by atoms with Gasteiger partial charge in [-0.3, -0.25) is 14.7 Å². The second-order valence-corrected chi connectivity index (χ2v) is 7.01. The number of pyridine rings is 1. The molecule has 0 bridgehead atoms. The highest BCUT2D eigenvalue weighted by Crippen LogP contribution is 2.36. The van der Waals surface area contributed by atoms with Gasteiger partial charge in [0.25, 0.3) is 11.8 Å². The summed E-state index contributed by atoms with van der Waals surface area (Å²) in [4.78, 5) is 33.5.